The number of aryl methyl sites for hydroxylation is 1. The van der Waals surface area contributed by atoms with Gasteiger partial charge in [-0.15, -0.1) is 0 Å². The fraction of sp³-hybridized carbons (Fsp3) is 0.423. The van der Waals surface area contributed by atoms with Crippen molar-refractivity contribution in [1.29, 1.82) is 0 Å². The van der Waals surface area contributed by atoms with Crippen LogP contribution in [0.25, 0.3) is 0 Å². The lowest BCUT2D eigenvalue weighted by molar-refractivity contribution is -0.376. The summed E-state index contributed by atoms with van der Waals surface area (Å²) in [5, 5.41) is 20.8. The van der Waals surface area contributed by atoms with Crippen molar-refractivity contribution in [2.75, 3.05) is 4.31 Å². The van der Waals surface area contributed by atoms with Gasteiger partial charge >= 0.3 is 18.4 Å². The number of hydrazine groups is 1. The third-order valence-electron chi connectivity index (χ3n) is 6.81. The van der Waals surface area contributed by atoms with E-state index in [1.54, 1.807) is 0 Å². The van der Waals surface area contributed by atoms with Crippen molar-refractivity contribution in [2.45, 2.75) is 74.0 Å². The summed E-state index contributed by atoms with van der Waals surface area (Å²) in [6.45, 7) is 2.77. The zero-order valence-corrected chi connectivity index (χ0v) is 24.2. The first kappa shape index (κ1) is 35.4. The molecule has 1 unspecified atom stereocenters. The van der Waals surface area contributed by atoms with Crippen molar-refractivity contribution in [3.05, 3.63) is 59.4 Å². The largest absolute Gasteiger partial charge is 0.465 e. The first-order valence-electron chi connectivity index (χ1n) is 12.9. The van der Waals surface area contributed by atoms with Crippen LogP contribution in [0, 0.1) is 5.82 Å². The quantitative estimate of drug-likeness (QED) is 0.211. The van der Waals surface area contributed by atoms with Crippen LogP contribution in [0.3, 0.4) is 0 Å². The molecule has 19 heteroatoms. The topological polar surface area (TPSA) is 165 Å². The summed E-state index contributed by atoms with van der Waals surface area (Å²) in [6, 6.07) is 3.31. The number of hydrogen-bond acceptors (Lipinski definition) is 6. The molecule has 1 aliphatic rings. The molecule has 2 aromatic carbocycles. The minimum atomic E-state index is -6.20. The number of amides is 3. The number of benzene rings is 2. The highest BCUT2D eigenvalue weighted by atomic mass is 32.2. The maximum atomic E-state index is 13.7. The van der Waals surface area contributed by atoms with E-state index in [0.29, 0.717) is 16.4 Å². The molecule has 0 spiro atoms. The monoisotopic (exact) mass is 672 g/mol. The second-order valence-electron chi connectivity index (χ2n) is 10.8. The lowest BCUT2D eigenvalue weighted by atomic mass is 9.87. The number of sulfonamides is 1. The van der Waals surface area contributed by atoms with Crippen molar-refractivity contribution in [1.82, 2.24) is 16.2 Å². The summed E-state index contributed by atoms with van der Waals surface area (Å²) in [5.74, 6) is -2.61. The first-order chi connectivity index (χ1) is 20.5. The molecule has 11 nitrogen and oxygen atoms in total. The Labute approximate surface area is 251 Å². The summed E-state index contributed by atoms with van der Waals surface area (Å²) in [5.41, 5.74) is -4.77. The van der Waals surface area contributed by atoms with Gasteiger partial charge in [0.1, 0.15) is 5.82 Å². The molecule has 0 aromatic heterocycles. The van der Waals surface area contributed by atoms with Crippen molar-refractivity contribution >= 4 is 33.6 Å². The van der Waals surface area contributed by atoms with E-state index in [9.17, 15) is 58.6 Å². The summed E-state index contributed by atoms with van der Waals surface area (Å²) in [7, 11) is -4.73. The molecule has 1 heterocycles. The van der Waals surface area contributed by atoms with Crippen LogP contribution in [0.1, 0.15) is 44.2 Å². The number of halogens is 7. The Morgan fingerprint density at radius 1 is 0.933 bits per heavy atom. The number of carboxylic acid groups (broad SMARTS) is 1. The Bertz CT molecular complexity index is 1550. The summed E-state index contributed by atoms with van der Waals surface area (Å²) in [4.78, 5) is 35.3. The summed E-state index contributed by atoms with van der Waals surface area (Å²) in [6.07, 6.45) is -15.5. The standard InChI is InChI=1S/C26H27F7N4O7S/c1-23(2,34-22(40)41)13-21(39)36-35-20(38)12-17-7-3-14-11-15(24(42,25(28,29)30)26(31,32)33)4-10-19(14)37(17)45(43,44)18-8-5-16(27)6-9-18/h4-6,8-11,17,34,42H,3,7,12-13H2,1-2H3,(H,35,38)(H,36,39)(H,40,41). The number of hydrogen-bond donors (Lipinski definition) is 5. The SMILES string of the molecule is CC(C)(CC(=O)NNC(=O)CC1CCc2cc(C(O)(C(F)(F)F)C(F)(F)F)ccc2N1S(=O)(=O)c1ccc(F)cc1)NC(=O)O. The highest BCUT2D eigenvalue weighted by molar-refractivity contribution is 7.92. The average Bonchev–Trinajstić information content (AvgIpc) is 2.88. The van der Waals surface area contributed by atoms with Crippen LogP contribution in [0.4, 0.5) is 41.2 Å². The van der Waals surface area contributed by atoms with Crippen molar-refractivity contribution in [3.63, 3.8) is 0 Å². The number of rotatable bonds is 8. The number of anilines is 1. The number of aliphatic hydroxyl groups is 1. The Hall–Kier alpha value is -4.13. The second kappa shape index (κ2) is 12.3. The number of carbonyl (C=O) groups is 3. The number of fused-ring (bicyclic) bond motifs is 1. The van der Waals surface area contributed by atoms with E-state index < -0.39 is 92.3 Å². The van der Waals surface area contributed by atoms with Crippen LogP contribution in [0.2, 0.25) is 0 Å². The molecule has 248 valence electrons. The predicted octanol–water partition coefficient (Wildman–Crippen LogP) is 3.62. The molecule has 45 heavy (non-hydrogen) atoms. The van der Waals surface area contributed by atoms with Crippen LogP contribution < -0.4 is 20.5 Å². The van der Waals surface area contributed by atoms with Gasteiger partial charge in [-0.25, -0.2) is 17.6 Å². The first-order valence-corrected chi connectivity index (χ1v) is 14.3. The van der Waals surface area contributed by atoms with E-state index in [2.05, 4.69) is 5.32 Å². The highest BCUT2D eigenvalue weighted by Crippen LogP contribution is 2.51. The zero-order chi connectivity index (χ0) is 34.2. The average molecular weight is 673 g/mol. The van der Waals surface area contributed by atoms with Gasteiger partial charge in [-0.05, 0) is 62.6 Å². The fourth-order valence-corrected chi connectivity index (χ4v) is 6.48. The van der Waals surface area contributed by atoms with E-state index in [0.717, 1.165) is 24.3 Å². The third kappa shape index (κ3) is 7.58. The third-order valence-corrected chi connectivity index (χ3v) is 8.69. The van der Waals surface area contributed by atoms with E-state index in [-0.39, 0.29) is 24.5 Å². The smallest absolute Gasteiger partial charge is 0.430 e. The van der Waals surface area contributed by atoms with Crippen molar-refractivity contribution in [3.8, 4) is 0 Å². The van der Waals surface area contributed by atoms with Crippen LogP contribution in [-0.4, -0.2) is 60.5 Å². The number of nitrogens with zero attached hydrogens (tertiary/aromatic N) is 1. The molecule has 0 saturated heterocycles. The Morgan fingerprint density at radius 3 is 2.02 bits per heavy atom. The van der Waals surface area contributed by atoms with Gasteiger partial charge in [-0.1, -0.05) is 12.1 Å². The molecular formula is C26H27F7N4O7S. The van der Waals surface area contributed by atoms with Gasteiger partial charge in [0.05, 0.1) is 23.0 Å². The molecule has 0 aliphatic carbocycles. The number of carbonyl (C=O) groups excluding carboxylic acids is 2. The normalized spacial score (nSPS) is 16.0. The lowest BCUT2D eigenvalue weighted by Crippen LogP contribution is -2.54. The van der Waals surface area contributed by atoms with Gasteiger partial charge in [0, 0.05) is 17.5 Å². The minimum absolute atomic E-state index is 0.266. The van der Waals surface area contributed by atoms with Crippen molar-refractivity contribution in [2.24, 2.45) is 0 Å². The van der Waals surface area contributed by atoms with E-state index >= 15 is 0 Å². The van der Waals surface area contributed by atoms with Crippen LogP contribution in [-0.2, 0) is 31.6 Å². The lowest BCUT2D eigenvalue weighted by Gasteiger charge is -2.39. The van der Waals surface area contributed by atoms with Gasteiger partial charge in [0.15, 0.2) is 0 Å². The molecule has 0 radical (unpaired) electrons. The van der Waals surface area contributed by atoms with Crippen molar-refractivity contribution < 1.29 is 63.7 Å². The minimum Gasteiger partial charge on any atom is -0.465 e. The molecular weight excluding hydrogens is 645 g/mol. The molecule has 0 fully saturated rings. The van der Waals surface area contributed by atoms with E-state index in [1.165, 1.54) is 13.8 Å². The van der Waals surface area contributed by atoms with Crippen LogP contribution in [0.15, 0.2) is 47.4 Å². The van der Waals surface area contributed by atoms with Crippen LogP contribution >= 0.6 is 0 Å². The Morgan fingerprint density at radius 2 is 1.49 bits per heavy atom. The van der Waals surface area contributed by atoms with Gasteiger partial charge in [-0.2, -0.15) is 26.3 Å². The number of alkyl halides is 6. The Kier molecular flexibility index (Phi) is 9.69. The second-order valence-corrected chi connectivity index (χ2v) is 12.6. The Balaban J connectivity index is 1.97. The molecule has 0 bridgehead atoms. The molecule has 5 N–H and O–H groups in total. The maximum absolute atomic E-state index is 13.7. The van der Waals surface area contributed by atoms with Gasteiger partial charge in [0.25, 0.3) is 15.6 Å². The summed E-state index contributed by atoms with van der Waals surface area (Å²) < 4.78 is 123. The van der Waals surface area contributed by atoms with Gasteiger partial charge in [0.2, 0.25) is 11.8 Å². The molecule has 3 amide bonds. The predicted molar refractivity (Wildman–Crippen MR) is 141 cm³/mol. The van der Waals surface area contributed by atoms with E-state index in [1.807, 2.05) is 10.9 Å². The molecule has 1 aliphatic heterocycles. The summed E-state index contributed by atoms with van der Waals surface area (Å²) >= 11 is 0. The maximum Gasteiger partial charge on any atom is 0.430 e. The van der Waals surface area contributed by atoms with Crippen LogP contribution in [0.5, 0.6) is 0 Å². The zero-order valence-electron chi connectivity index (χ0n) is 23.4. The van der Waals surface area contributed by atoms with Gasteiger partial charge in [-0.3, -0.25) is 24.7 Å². The molecule has 1 atom stereocenters. The fourth-order valence-electron chi connectivity index (χ4n) is 4.76. The van der Waals surface area contributed by atoms with Gasteiger partial charge < -0.3 is 15.5 Å². The molecule has 0 saturated carbocycles. The molecule has 3 rings (SSSR count). The molecule has 2 aromatic rings. The van der Waals surface area contributed by atoms with E-state index in [4.69, 9.17) is 5.11 Å². The highest BCUT2D eigenvalue weighted by Gasteiger charge is 2.71. The number of nitrogens with one attached hydrogen (secondary N) is 3.